The lowest BCUT2D eigenvalue weighted by atomic mass is 10.2. The van der Waals surface area contributed by atoms with Crippen LogP contribution in [-0.4, -0.2) is 14.6 Å². The lowest BCUT2D eigenvalue weighted by Crippen LogP contribution is -2.25. The van der Waals surface area contributed by atoms with Gasteiger partial charge >= 0.3 is 0 Å². The highest BCUT2D eigenvalue weighted by Gasteiger charge is 2.05. The highest BCUT2D eigenvalue weighted by atomic mass is 35.5. The number of fused-ring (bicyclic) bond motifs is 1. The summed E-state index contributed by atoms with van der Waals surface area (Å²) in [6.45, 7) is 0. The fraction of sp³-hybridized carbons (Fsp3) is 0. The summed E-state index contributed by atoms with van der Waals surface area (Å²) in [6, 6.07) is 7.13. The van der Waals surface area contributed by atoms with Crippen LogP contribution in [0.4, 0.5) is 0 Å². The largest absolute Gasteiger partial charge is 0.292 e. The summed E-state index contributed by atoms with van der Waals surface area (Å²) in [6.07, 6.45) is 2.71. The van der Waals surface area contributed by atoms with Crippen LogP contribution in [0.1, 0.15) is 5.56 Å². The van der Waals surface area contributed by atoms with Crippen LogP contribution in [0.5, 0.6) is 0 Å². The molecule has 94 valence electrons. The highest BCUT2D eigenvalue weighted by molar-refractivity contribution is 7.15. The molecule has 3 rings (SSSR count). The molecule has 0 saturated carbocycles. The van der Waals surface area contributed by atoms with Crippen molar-refractivity contribution in [2.45, 2.75) is 0 Å². The molecule has 0 radical (unpaired) electrons. The van der Waals surface area contributed by atoms with Crippen LogP contribution < -0.4 is 15.7 Å². The topological polar surface area (TPSA) is 64.3 Å². The van der Waals surface area contributed by atoms with Crippen molar-refractivity contribution >= 4 is 34.0 Å². The number of thiazole rings is 1. The smallest absolute Gasteiger partial charge is 0.266 e. The molecule has 0 amide bonds. The molecule has 0 spiro atoms. The molecule has 0 fully saturated rings. The van der Waals surface area contributed by atoms with Gasteiger partial charge in [0.05, 0.1) is 4.53 Å². The minimum absolute atomic E-state index is 0.283. The summed E-state index contributed by atoms with van der Waals surface area (Å²) >= 11 is 7.00. The molecule has 3 aromatic rings. The first-order valence-corrected chi connectivity index (χ1v) is 6.49. The average Bonchev–Trinajstić information content (AvgIpc) is 2.66. The van der Waals surface area contributed by atoms with Crippen molar-refractivity contribution < 1.29 is 0 Å². The molecule has 0 saturated heterocycles. The highest BCUT2D eigenvalue weighted by Crippen LogP contribution is 2.11. The van der Waals surface area contributed by atoms with E-state index in [4.69, 9.17) is 11.6 Å². The Kier molecular flexibility index (Phi) is 2.88. The van der Waals surface area contributed by atoms with Gasteiger partial charge in [-0.25, -0.2) is 0 Å². The molecular weight excluding hydrogens is 286 g/mol. The molecular formula is C12H6ClN3O2S. The lowest BCUT2D eigenvalue weighted by Gasteiger charge is -1.91. The Bertz CT molecular complexity index is 932. The Morgan fingerprint density at radius 1 is 1.32 bits per heavy atom. The van der Waals surface area contributed by atoms with E-state index in [1.54, 1.807) is 24.3 Å². The maximum atomic E-state index is 12.0. The number of hydrogen-bond acceptors (Lipinski definition) is 5. The second-order valence-electron chi connectivity index (χ2n) is 3.76. The van der Waals surface area contributed by atoms with E-state index in [0.717, 1.165) is 27.6 Å². The van der Waals surface area contributed by atoms with Gasteiger partial charge in [-0.3, -0.25) is 9.59 Å². The van der Waals surface area contributed by atoms with E-state index >= 15 is 0 Å². The van der Waals surface area contributed by atoms with Crippen molar-refractivity contribution in [3.8, 4) is 0 Å². The fourth-order valence-electron chi connectivity index (χ4n) is 1.62. The van der Waals surface area contributed by atoms with E-state index in [9.17, 15) is 9.59 Å². The van der Waals surface area contributed by atoms with Gasteiger partial charge in [0.1, 0.15) is 6.20 Å². The normalized spacial score (nSPS) is 12.2. The fourth-order valence-corrected chi connectivity index (χ4v) is 2.73. The number of halogens is 1. The summed E-state index contributed by atoms with van der Waals surface area (Å²) in [7, 11) is 0. The number of rotatable bonds is 1. The quantitative estimate of drug-likeness (QED) is 0.662. The van der Waals surface area contributed by atoms with E-state index in [1.165, 1.54) is 0 Å². The minimum Gasteiger partial charge on any atom is -0.266 e. The van der Waals surface area contributed by atoms with Gasteiger partial charge in [0.15, 0.2) is 0 Å². The molecule has 1 aromatic carbocycles. The zero-order chi connectivity index (χ0) is 13.4. The summed E-state index contributed by atoms with van der Waals surface area (Å²) < 4.78 is 1.57. The van der Waals surface area contributed by atoms with Gasteiger partial charge in [-0.2, -0.15) is 14.6 Å². The van der Waals surface area contributed by atoms with E-state index in [0.29, 0.717) is 9.55 Å². The van der Waals surface area contributed by atoms with Crippen LogP contribution in [0, 0.1) is 0 Å². The van der Waals surface area contributed by atoms with Crippen LogP contribution in [-0.2, 0) is 0 Å². The Morgan fingerprint density at radius 3 is 2.95 bits per heavy atom. The van der Waals surface area contributed by atoms with E-state index in [2.05, 4.69) is 10.1 Å². The van der Waals surface area contributed by atoms with Crippen molar-refractivity contribution in [2.24, 2.45) is 0 Å². The number of hydrogen-bond donors (Lipinski definition) is 0. The van der Waals surface area contributed by atoms with E-state index < -0.39 is 5.56 Å². The number of benzene rings is 1. The molecule has 2 aromatic heterocycles. The third-order valence-corrected chi connectivity index (χ3v) is 3.62. The lowest BCUT2D eigenvalue weighted by molar-refractivity contribution is 0.866. The molecule has 5 nitrogen and oxygen atoms in total. The second kappa shape index (κ2) is 4.56. The Hall–Kier alpha value is -2.05. The Labute approximate surface area is 115 Å². The molecule has 0 N–H and O–H groups in total. The monoisotopic (exact) mass is 291 g/mol. The molecule has 0 aliphatic rings. The molecule has 0 aliphatic carbocycles. The summed E-state index contributed by atoms with van der Waals surface area (Å²) in [5.74, 6) is 0. The molecule has 0 atom stereocenters. The predicted molar refractivity (Wildman–Crippen MR) is 73.6 cm³/mol. The van der Waals surface area contributed by atoms with Crippen LogP contribution >= 0.6 is 22.9 Å². The molecule has 0 bridgehead atoms. The zero-order valence-electron chi connectivity index (χ0n) is 9.41. The van der Waals surface area contributed by atoms with Crippen LogP contribution in [0.3, 0.4) is 0 Å². The maximum absolute atomic E-state index is 12.0. The van der Waals surface area contributed by atoms with Crippen molar-refractivity contribution in [3.63, 3.8) is 0 Å². The maximum Gasteiger partial charge on any atom is 0.292 e. The SMILES string of the molecule is O=c1cnn2c(=O)c(=Cc3cccc(Cl)c3)sc2n1. The zero-order valence-corrected chi connectivity index (χ0v) is 11.0. The standard InChI is InChI=1S/C12H6ClN3O2S/c13-8-3-1-2-7(4-8)5-9-11(18)16-12(19-9)15-10(17)6-14-16/h1-6H. The second-order valence-corrected chi connectivity index (χ2v) is 5.21. The first-order chi connectivity index (χ1) is 9.13. The Balaban J connectivity index is 2.29. The van der Waals surface area contributed by atoms with Crippen LogP contribution in [0.15, 0.2) is 40.1 Å². The van der Waals surface area contributed by atoms with Crippen molar-refractivity contribution in [3.05, 3.63) is 66.3 Å². The first kappa shape index (κ1) is 12.0. The number of nitrogens with zero attached hydrogens (tertiary/aromatic N) is 3. The average molecular weight is 292 g/mol. The van der Waals surface area contributed by atoms with Crippen LogP contribution in [0.2, 0.25) is 5.02 Å². The van der Waals surface area contributed by atoms with E-state index in [1.807, 2.05) is 6.07 Å². The number of aromatic nitrogens is 3. The van der Waals surface area contributed by atoms with Crippen molar-refractivity contribution in [1.29, 1.82) is 0 Å². The molecule has 2 heterocycles. The molecule has 19 heavy (non-hydrogen) atoms. The summed E-state index contributed by atoms with van der Waals surface area (Å²) in [5.41, 5.74) is 0.0436. The van der Waals surface area contributed by atoms with Gasteiger partial charge in [0, 0.05) is 5.02 Å². The molecule has 7 heteroatoms. The van der Waals surface area contributed by atoms with Gasteiger partial charge in [-0.15, -0.1) is 0 Å². The summed E-state index contributed by atoms with van der Waals surface area (Å²) in [5, 5.41) is 4.34. The van der Waals surface area contributed by atoms with Gasteiger partial charge < -0.3 is 0 Å². The first-order valence-electron chi connectivity index (χ1n) is 5.30. The van der Waals surface area contributed by atoms with Crippen molar-refractivity contribution in [2.75, 3.05) is 0 Å². The molecule has 0 unspecified atom stereocenters. The van der Waals surface area contributed by atoms with Gasteiger partial charge in [-0.05, 0) is 23.8 Å². The van der Waals surface area contributed by atoms with Gasteiger partial charge in [0.25, 0.3) is 11.1 Å². The third-order valence-electron chi connectivity index (χ3n) is 2.42. The minimum atomic E-state index is -0.462. The van der Waals surface area contributed by atoms with Gasteiger partial charge in [-0.1, -0.05) is 35.1 Å². The van der Waals surface area contributed by atoms with Crippen LogP contribution in [0.25, 0.3) is 11.0 Å². The van der Waals surface area contributed by atoms with Crippen molar-refractivity contribution in [1.82, 2.24) is 14.6 Å². The predicted octanol–water partition coefficient (Wildman–Crippen LogP) is 0.712. The Morgan fingerprint density at radius 2 is 2.16 bits per heavy atom. The van der Waals surface area contributed by atoms with Gasteiger partial charge in [0.2, 0.25) is 4.96 Å². The molecule has 0 aliphatic heterocycles. The third kappa shape index (κ3) is 2.27. The van der Waals surface area contributed by atoms with E-state index in [-0.39, 0.29) is 10.5 Å². The summed E-state index contributed by atoms with van der Waals surface area (Å²) in [4.78, 5) is 27.1.